The number of halogens is 1. The van der Waals surface area contributed by atoms with Crippen LogP contribution in [0.1, 0.15) is 49.7 Å². The molecule has 2 unspecified atom stereocenters. The zero-order valence-electron chi connectivity index (χ0n) is 11.8. The van der Waals surface area contributed by atoms with Crippen LogP contribution < -0.4 is 0 Å². The second-order valence-corrected chi connectivity index (χ2v) is 6.18. The van der Waals surface area contributed by atoms with Crippen molar-refractivity contribution in [1.82, 2.24) is 4.90 Å². The molecule has 2 nitrogen and oxygen atoms in total. The van der Waals surface area contributed by atoms with Gasteiger partial charge in [0.15, 0.2) is 0 Å². The van der Waals surface area contributed by atoms with Gasteiger partial charge in [-0.1, -0.05) is 12.8 Å². The van der Waals surface area contributed by atoms with Gasteiger partial charge in [-0.2, -0.15) is 5.26 Å². The quantitative estimate of drug-likeness (QED) is 0.817. The first-order valence-corrected chi connectivity index (χ1v) is 7.70. The molecule has 0 aromatic heterocycles. The van der Waals surface area contributed by atoms with Gasteiger partial charge in [0.25, 0.3) is 0 Å². The molecule has 1 aliphatic carbocycles. The maximum Gasteiger partial charge on any atom is 0.124 e. The van der Waals surface area contributed by atoms with E-state index in [1.54, 1.807) is 6.07 Å². The molecule has 0 bridgehead atoms. The summed E-state index contributed by atoms with van der Waals surface area (Å²) in [5.74, 6) is 0.540. The largest absolute Gasteiger partial charge is 0.296 e. The van der Waals surface area contributed by atoms with E-state index in [1.807, 2.05) is 12.1 Å². The molecule has 1 saturated heterocycles. The molecule has 1 saturated carbocycles. The van der Waals surface area contributed by atoms with Crippen LogP contribution in [0.4, 0.5) is 4.39 Å². The van der Waals surface area contributed by atoms with Crippen molar-refractivity contribution in [2.45, 2.75) is 51.1 Å². The Bertz CT molecular complexity index is 518. The minimum atomic E-state index is -0.295. The van der Waals surface area contributed by atoms with E-state index in [-0.39, 0.29) is 5.82 Å². The minimum Gasteiger partial charge on any atom is -0.296 e. The Morgan fingerprint density at radius 2 is 1.95 bits per heavy atom. The van der Waals surface area contributed by atoms with Gasteiger partial charge in [-0.3, -0.25) is 4.90 Å². The predicted molar refractivity (Wildman–Crippen MR) is 76.5 cm³/mol. The summed E-state index contributed by atoms with van der Waals surface area (Å²) < 4.78 is 13.5. The first-order valence-electron chi connectivity index (χ1n) is 7.70. The molecule has 0 amide bonds. The van der Waals surface area contributed by atoms with Crippen LogP contribution in [0.2, 0.25) is 0 Å². The Morgan fingerprint density at radius 1 is 1.15 bits per heavy atom. The first-order chi connectivity index (χ1) is 9.76. The molecule has 20 heavy (non-hydrogen) atoms. The lowest BCUT2D eigenvalue weighted by molar-refractivity contribution is 0.0546. The van der Waals surface area contributed by atoms with Crippen LogP contribution in [0.25, 0.3) is 0 Å². The number of hydrogen-bond donors (Lipinski definition) is 0. The molecular formula is C17H21FN2. The predicted octanol–water partition coefficient (Wildman–Crippen LogP) is 3.85. The highest BCUT2D eigenvalue weighted by Gasteiger charge is 2.32. The maximum absolute atomic E-state index is 13.5. The van der Waals surface area contributed by atoms with Gasteiger partial charge < -0.3 is 0 Å². The van der Waals surface area contributed by atoms with Gasteiger partial charge >= 0.3 is 0 Å². The highest BCUT2D eigenvalue weighted by molar-refractivity contribution is 5.33. The average Bonchev–Trinajstić information content (AvgIpc) is 2.47. The Balaban J connectivity index is 1.76. The van der Waals surface area contributed by atoms with Gasteiger partial charge in [0.1, 0.15) is 5.82 Å². The molecule has 1 heterocycles. The molecule has 106 valence electrons. The summed E-state index contributed by atoms with van der Waals surface area (Å²) in [5, 5.41) is 8.95. The third-order valence-electron chi connectivity index (χ3n) is 4.83. The molecule has 1 aromatic rings. The van der Waals surface area contributed by atoms with Gasteiger partial charge in [-0.05, 0) is 61.9 Å². The summed E-state index contributed by atoms with van der Waals surface area (Å²) in [7, 11) is 0. The molecular weight excluding hydrogens is 251 g/mol. The Morgan fingerprint density at radius 3 is 2.80 bits per heavy atom. The Hall–Kier alpha value is -1.40. The van der Waals surface area contributed by atoms with Gasteiger partial charge in [0.2, 0.25) is 0 Å². The van der Waals surface area contributed by atoms with Crippen LogP contribution in [0.5, 0.6) is 0 Å². The number of hydrogen-bond acceptors (Lipinski definition) is 2. The lowest BCUT2D eigenvalue weighted by Crippen LogP contribution is -2.46. The number of nitriles is 1. The maximum atomic E-state index is 13.5. The zero-order valence-corrected chi connectivity index (χ0v) is 11.8. The van der Waals surface area contributed by atoms with Gasteiger partial charge in [0, 0.05) is 12.6 Å². The Kier molecular flexibility index (Phi) is 4.03. The van der Waals surface area contributed by atoms with Crippen molar-refractivity contribution in [2.24, 2.45) is 5.92 Å². The van der Waals surface area contributed by atoms with Crippen molar-refractivity contribution >= 4 is 0 Å². The molecule has 0 radical (unpaired) electrons. The van der Waals surface area contributed by atoms with E-state index in [0.717, 1.165) is 24.6 Å². The highest BCUT2D eigenvalue weighted by Crippen LogP contribution is 2.35. The van der Waals surface area contributed by atoms with Gasteiger partial charge in [-0.25, -0.2) is 4.39 Å². The van der Waals surface area contributed by atoms with Crippen molar-refractivity contribution in [3.8, 4) is 6.07 Å². The average molecular weight is 272 g/mol. The number of fused-ring (bicyclic) bond motifs is 1. The fourth-order valence-corrected chi connectivity index (χ4v) is 3.96. The van der Waals surface area contributed by atoms with E-state index >= 15 is 0 Å². The lowest BCUT2D eigenvalue weighted by atomic mass is 9.78. The number of benzene rings is 1. The molecule has 3 rings (SSSR count). The van der Waals surface area contributed by atoms with Crippen molar-refractivity contribution in [3.05, 3.63) is 35.1 Å². The second kappa shape index (κ2) is 5.93. The normalized spacial score (nSPS) is 26.8. The summed E-state index contributed by atoms with van der Waals surface area (Å²) in [4.78, 5) is 2.52. The summed E-state index contributed by atoms with van der Waals surface area (Å²) in [6, 6.07) is 7.43. The standard InChI is InChI=1S/C17H21FN2/c18-16-9-13(11-19)8-14(10-16)12-20-7-3-5-15-4-1-2-6-17(15)20/h8-10,15,17H,1-7,12H2. The van der Waals surface area contributed by atoms with Crippen molar-refractivity contribution in [3.63, 3.8) is 0 Å². The van der Waals surface area contributed by atoms with Crippen LogP contribution in [0.15, 0.2) is 18.2 Å². The van der Waals surface area contributed by atoms with Crippen molar-refractivity contribution < 1.29 is 4.39 Å². The number of likely N-dealkylation sites (tertiary alicyclic amines) is 1. The minimum absolute atomic E-state index is 0.295. The molecule has 2 atom stereocenters. The van der Waals surface area contributed by atoms with Crippen LogP contribution >= 0.6 is 0 Å². The van der Waals surface area contributed by atoms with E-state index < -0.39 is 0 Å². The van der Waals surface area contributed by atoms with Crippen LogP contribution in [-0.2, 0) is 6.54 Å². The van der Waals surface area contributed by atoms with E-state index in [0.29, 0.717) is 11.6 Å². The Labute approximate surface area is 120 Å². The lowest BCUT2D eigenvalue weighted by Gasteiger charge is -2.44. The molecule has 3 heteroatoms. The molecule has 0 spiro atoms. The second-order valence-electron chi connectivity index (χ2n) is 6.18. The summed E-state index contributed by atoms with van der Waals surface area (Å²) >= 11 is 0. The zero-order chi connectivity index (χ0) is 13.9. The van der Waals surface area contributed by atoms with E-state index in [9.17, 15) is 4.39 Å². The number of piperidine rings is 1. The molecule has 2 fully saturated rings. The van der Waals surface area contributed by atoms with E-state index in [1.165, 1.54) is 44.6 Å². The third-order valence-corrected chi connectivity index (χ3v) is 4.83. The topological polar surface area (TPSA) is 27.0 Å². The molecule has 2 aliphatic rings. The highest BCUT2D eigenvalue weighted by atomic mass is 19.1. The molecule has 1 aromatic carbocycles. The van der Waals surface area contributed by atoms with E-state index in [2.05, 4.69) is 4.90 Å². The molecule has 0 N–H and O–H groups in total. The van der Waals surface area contributed by atoms with Gasteiger partial charge in [0.05, 0.1) is 11.6 Å². The number of nitrogens with zero attached hydrogens (tertiary/aromatic N) is 2. The van der Waals surface area contributed by atoms with Crippen LogP contribution in [0.3, 0.4) is 0 Å². The van der Waals surface area contributed by atoms with Crippen molar-refractivity contribution in [1.29, 1.82) is 5.26 Å². The summed E-state index contributed by atoms with van der Waals surface area (Å²) in [6.07, 6.45) is 7.94. The van der Waals surface area contributed by atoms with Crippen LogP contribution in [-0.4, -0.2) is 17.5 Å². The van der Waals surface area contributed by atoms with Crippen LogP contribution in [0, 0.1) is 23.1 Å². The smallest absolute Gasteiger partial charge is 0.124 e. The third kappa shape index (κ3) is 2.86. The molecule has 1 aliphatic heterocycles. The van der Waals surface area contributed by atoms with Crippen molar-refractivity contribution in [2.75, 3.05) is 6.54 Å². The summed E-state index contributed by atoms with van der Waals surface area (Å²) in [5.41, 5.74) is 1.37. The fraction of sp³-hybridized carbons (Fsp3) is 0.588. The first kappa shape index (κ1) is 13.6. The fourth-order valence-electron chi connectivity index (χ4n) is 3.96. The number of rotatable bonds is 2. The summed E-state index contributed by atoms with van der Waals surface area (Å²) in [6.45, 7) is 1.90. The monoisotopic (exact) mass is 272 g/mol. The van der Waals surface area contributed by atoms with Gasteiger partial charge in [-0.15, -0.1) is 0 Å². The van der Waals surface area contributed by atoms with E-state index in [4.69, 9.17) is 5.26 Å². The SMILES string of the molecule is N#Cc1cc(F)cc(CN2CCCC3CCCCC32)c1.